The summed E-state index contributed by atoms with van der Waals surface area (Å²) < 4.78 is 7.37. The Balaban J connectivity index is 1.52. The first kappa shape index (κ1) is 29.7. The SMILES string of the molecule is CC1(C)c2cccc(P(=[Se])(c3ccccc3)c3ccccc3)c2Oc2c1cccc2P(=[Se])(c1ccccc1)c1ccccc1. The van der Waals surface area contributed by atoms with Crippen molar-refractivity contribution in [1.82, 2.24) is 0 Å². The first-order valence-electron chi connectivity index (χ1n) is 14.7. The van der Waals surface area contributed by atoms with Gasteiger partial charge in [0.05, 0.1) is 0 Å². The third-order valence-electron chi connectivity index (χ3n) is 8.70. The van der Waals surface area contributed by atoms with Gasteiger partial charge < -0.3 is 0 Å². The van der Waals surface area contributed by atoms with Crippen molar-refractivity contribution in [3.63, 3.8) is 0 Å². The van der Waals surface area contributed by atoms with Crippen LogP contribution in [0.3, 0.4) is 0 Å². The summed E-state index contributed by atoms with van der Waals surface area (Å²) in [5, 5.41) is 7.62. The zero-order valence-electron chi connectivity index (χ0n) is 24.6. The van der Waals surface area contributed by atoms with Gasteiger partial charge in [-0.25, -0.2) is 0 Å². The van der Waals surface area contributed by atoms with Crippen molar-refractivity contribution in [1.29, 1.82) is 0 Å². The van der Waals surface area contributed by atoms with Crippen LogP contribution in [0.4, 0.5) is 0 Å². The molecule has 44 heavy (non-hydrogen) atoms. The Morgan fingerprint density at radius 1 is 0.409 bits per heavy atom. The van der Waals surface area contributed by atoms with Crippen LogP contribution in [0.5, 0.6) is 11.5 Å². The number of fused-ring (bicyclic) bond motifs is 2. The second kappa shape index (κ2) is 11.7. The predicted molar refractivity (Wildman–Crippen MR) is 194 cm³/mol. The first-order chi connectivity index (χ1) is 21.4. The van der Waals surface area contributed by atoms with Gasteiger partial charge in [0.1, 0.15) is 0 Å². The average molecular weight is 737 g/mol. The molecule has 0 fully saturated rings. The van der Waals surface area contributed by atoms with Gasteiger partial charge in [-0.15, -0.1) is 0 Å². The maximum absolute atomic E-state index is 7.37. The third kappa shape index (κ3) is 4.75. The monoisotopic (exact) mass is 738 g/mol. The zero-order valence-corrected chi connectivity index (χ0v) is 29.8. The molecular formula is C39H32OP2Se2. The summed E-state index contributed by atoms with van der Waals surface area (Å²) in [5.41, 5.74) is -2.19. The van der Waals surface area contributed by atoms with Crippen molar-refractivity contribution in [2.45, 2.75) is 19.3 Å². The summed E-state index contributed by atoms with van der Waals surface area (Å²) in [7, 11) is 0. The van der Waals surface area contributed by atoms with E-state index < -0.39 is 11.0 Å². The van der Waals surface area contributed by atoms with E-state index in [9.17, 15) is 0 Å². The topological polar surface area (TPSA) is 9.23 Å². The molecule has 0 aliphatic carbocycles. The molecule has 1 nitrogen and oxygen atoms in total. The van der Waals surface area contributed by atoms with Crippen molar-refractivity contribution in [3.8, 4) is 11.5 Å². The van der Waals surface area contributed by atoms with Gasteiger partial charge >= 0.3 is 277 Å². The van der Waals surface area contributed by atoms with Crippen LogP contribution in [-0.4, -0.2) is 30.2 Å². The van der Waals surface area contributed by atoms with E-state index in [-0.39, 0.29) is 5.41 Å². The van der Waals surface area contributed by atoms with Gasteiger partial charge in [-0.05, 0) is 0 Å². The van der Waals surface area contributed by atoms with Gasteiger partial charge in [-0.3, -0.25) is 0 Å². The van der Waals surface area contributed by atoms with Gasteiger partial charge in [-0.2, -0.15) is 0 Å². The number of hydrogen-bond donors (Lipinski definition) is 0. The number of hydrogen-bond acceptors (Lipinski definition) is 1. The molecule has 0 saturated carbocycles. The van der Waals surface area contributed by atoms with Crippen LogP contribution in [0.15, 0.2) is 158 Å². The molecular weight excluding hydrogens is 704 g/mol. The molecule has 0 amide bonds. The summed E-state index contributed by atoms with van der Waals surface area (Å²) in [6.07, 6.45) is 0. The molecule has 0 spiro atoms. The van der Waals surface area contributed by atoms with E-state index in [0.29, 0.717) is 0 Å². The van der Waals surface area contributed by atoms with E-state index in [2.05, 4.69) is 202 Å². The van der Waals surface area contributed by atoms with Crippen LogP contribution < -0.4 is 36.6 Å². The molecule has 0 radical (unpaired) electrons. The van der Waals surface area contributed by atoms with E-state index in [0.717, 1.165) is 11.5 Å². The molecule has 7 rings (SSSR count). The summed E-state index contributed by atoms with van der Waals surface area (Å²) in [6.45, 7) is 4.69. The molecule has 6 aromatic rings. The van der Waals surface area contributed by atoms with E-state index in [1.165, 1.54) is 43.0 Å². The Morgan fingerprint density at radius 2 is 0.705 bits per heavy atom. The Labute approximate surface area is 275 Å². The molecule has 0 N–H and O–H groups in total. The molecule has 0 bridgehead atoms. The molecule has 5 heteroatoms. The quantitative estimate of drug-likeness (QED) is 0.134. The van der Waals surface area contributed by atoms with Crippen LogP contribution >= 0.6 is 11.0 Å². The molecule has 0 aromatic heterocycles. The minimum atomic E-state index is -2.18. The van der Waals surface area contributed by atoms with Crippen molar-refractivity contribution in [2.75, 3.05) is 0 Å². The number of para-hydroxylation sites is 2. The van der Waals surface area contributed by atoms with Crippen LogP contribution in [0.1, 0.15) is 25.0 Å². The molecule has 6 aromatic carbocycles. The van der Waals surface area contributed by atoms with Crippen molar-refractivity contribution in [3.05, 3.63) is 169 Å². The van der Waals surface area contributed by atoms with Crippen molar-refractivity contribution < 1.29 is 4.74 Å². The Hall–Kier alpha value is -2.98. The molecule has 0 unspecified atom stereocenters. The summed E-state index contributed by atoms with van der Waals surface area (Å²) >= 11 is 7.54. The molecule has 0 atom stereocenters. The molecule has 1 aliphatic rings. The van der Waals surface area contributed by atoms with Gasteiger partial charge in [0.2, 0.25) is 0 Å². The number of ether oxygens (including phenoxy) is 1. The van der Waals surface area contributed by atoms with E-state index in [4.69, 9.17) is 4.74 Å². The second-order valence-corrected chi connectivity index (χ2v) is 24.0. The molecule has 1 aliphatic heterocycles. The summed E-state index contributed by atoms with van der Waals surface area (Å²) in [5.74, 6) is 1.95. The summed E-state index contributed by atoms with van der Waals surface area (Å²) in [4.78, 5) is 0. The van der Waals surface area contributed by atoms with Gasteiger partial charge in [0, 0.05) is 0 Å². The first-order valence-corrected chi connectivity index (χ1v) is 22.8. The average Bonchev–Trinajstić information content (AvgIpc) is 3.09. The van der Waals surface area contributed by atoms with Crippen LogP contribution in [0.25, 0.3) is 0 Å². The molecule has 1 heterocycles. The van der Waals surface area contributed by atoms with Crippen LogP contribution in [0.2, 0.25) is 0 Å². The van der Waals surface area contributed by atoms with Gasteiger partial charge in [0.25, 0.3) is 0 Å². The minimum absolute atomic E-state index is 0.272. The standard InChI is InChI=1S/C39H32OP2Se2/c1-39(2)33-25-15-27-35(41(43,29-17-7-3-8-18-29)30-19-9-4-10-20-30)37(33)40-38-34(39)26-16-28-36(38)42(44,31-21-11-5-12-22-31)32-23-13-6-14-24-32/h3-28H,1-2H3. The third-order valence-corrected chi connectivity index (χ3v) is 22.6. The van der Waals surface area contributed by atoms with E-state index in [1.807, 2.05) is 0 Å². The maximum atomic E-state index is 7.37. The van der Waals surface area contributed by atoms with Crippen molar-refractivity contribution >= 4 is 73.0 Å². The number of benzene rings is 6. The number of rotatable bonds is 6. The van der Waals surface area contributed by atoms with E-state index in [1.54, 1.807) is 0 Å². The van der Waals surface area contributed by atoms with Crippen LogP contribution in [0, 0.1) is 0 Å². The Bertz CT molecular complexity index is 1820. The summed E-state index contributed by atoms with van der Waals surface area (Å²) in [6, 6.07) is 57.1. The zero-order chi connectivity index (χ0) is 30.4. The fourth-order valence-corrected chi connectivity index (χ4v) is 16.8. The second-order valence-electron chi connectivity index (χ2n) is 11.6. The normalized spacial score (nSPS) is 13.8. The fraction of sp³-hybridized carbons (Fsp3) is 0.0769. The molecule has 0 saturated heterocycles. The Morgan fingerprint density at radius 3 is 1.00 bits per heavy atom. The van der Waals surface area contributed by atoms with Gasteiger partial charge in [-0.1, -0.05) is 0 Å². The Kier molecular flexibility index (Phi) is 7.93. The van der Waals surface area contributed by atoms with Gasteiger partial charge in [0.15, 0.2) is 0 Å². The van der Waals surface area contributed by atoms with E-state index >= 15 is 0 Å². The van der Waals surface area contributed by atoms with Crippen LogP contribution in [-0.2, 0) is 5.41 Å². The molecule has 216 valence electrons. The van der Waals surface area contributed by atoms with Crippen molar-refractivity contribution in [2.24, 2.45) is 0 Å². The predicted octanol–water partition coefficient (Wildman–Crippen LogP) is 6.87. The fourth-order valence-electron chi connectivity index (χ4n) is 6.40.